The maximum absolute atomic E-state index is 11.3. The van der Waals surface area contributed by atoms with Gasteiger partial charge in [0.05, 0.1) is 6.54 Å². The molecule has 1 rings (SSSR count). The Morgan fingerprint density at radius 3 is 2.82 bits per heavy atom. The Balaban J connectivity index is 2.61. The Bertz CT molecular complexity index is 384. The molecule has 1 heterocycles. The van der Waals surface area contributed by atoms with E-state index in [0.29, 0.717) is 12.4 Å². The van der Waals surface area contributed by atoms with Crippen molar-refractivity contribution in [3.8, 4) is 0 Å². The second-order valence-electron chi connectivity index (χ2n) is 3.55. The highest BCUT2D eigenvalue weighted by atomic mass is 79.9. The number of hydrogen-bond acceptors (Lipinski definition) is 4. The van der Waals surface area contributed by atoms with Crippen molar-refractivity contribution in [2.24, 2.45) is 0 Å². The Kier molecular flexibility index (Phi) is 5.90. The topological polar surface area (TPSA) is 66.9 Å². The molecule has 0 spiro atoms. The summed E-state index contributed by atoms with van der Waals surface area (Å²) < 4.78 is 0.731. The van der Waals surface area contributed by atoms with Crippen molar-refractivity contribution in [1.82, 2.24) is 15.3 Å². The average Bonchev–Trinajstić information content (AvgIpc) is 2.26. The van der Waals surface area contributed by atoms with Crippen LogP contribution in [0.2, 0.25) is 0 Å². The number of halogens is 1. The molecule has 0 atom stereocenters. The summed E-state index contributed by atoms with van der Waals surface area (Å²) in [6, 6.07) is 1.76. The number of carbonyl (C=O) groups is 1. The number of anilines is 1. The van der Waals surface area contributed by atoms with Crippen molar-refractivity contribution in [2.75, 3.05) is 18.4 Å². The first-order chi connectivity index (χ1) is 8.15. The van der Waals surface area contributed by atoms with Gasteiger partial charge in [0.15, 0.2) is 0 Å². The number of hydrogen-bond donors (Lipinski definition) is 2. The highest BCUT2D eigenvalue weighted by Crippen LogP contribution is 2.12. The van der Waals surface area contributed by atoms with Gasteiger partial charge in [0.2, 0.25) is 5.91 Å². The zero-order chi connectivity index (χ0) is 12.7. The smallest absolute Gasteiger partial charge is 0.239 e. The van der Waals surface area contributed by atoms with Crippen LogP contribution in [0.1, 0.15) is 26.1 Å². The molecule has 1 amide bonds. The largest absolute Gasteiger partial charge is 0.361 e. The number of aryl methyl sites for hydroxylation is 1. The standard InChI is InChI=1S/C11H17BrN4O/c1-3-5-9-15-8(12)6-10(16-9)14-7-11(17)13-4-2/h6H,3-5,7H2,1-2H3,(H,13,17)(H,14,15,16). The molecule has 0 bridgehead atoms. The third kappa shape index (κ3) is 5.12. The summed E-state index contributed by atoms with van der Waals surface area (Å²) in [6.45, 7) is 4.82. The molecule has 1 aromatic heterocycles. The Morgan fingerprint density at radius 2 is 2.18 bits per heavy atom. The molecule has 0 fully saturated rings. The summed E-state index contributed by atoms with van der Waals surface area (Å²) in [5.41, 5.74) is 0. The molecule has 5 nitrogen and oxygen atoms in total. The molecule has 0 radical (unpaired) electrons. The molecular weight excluding hydrogens is 284 g/mol. The zero-order valence-corrected chi connectivity index (χ0v) is 11.7. The number of nitrogens with zero attached hydrogens (tertiary/aromatic N) is 2. The normalized spacial score (nSPS) is 10.1. The fraction of sp³-hybridized carbons (Fsp3) is 0.545. The second-order valence-corrected chi connectivity index (χ2v) is 4.36. The monoisotopic (exact) mass is 300 g/mol. The van der Waals surface area contributed by atoms with Crippen molar-refractivity contribution < 1.29 is 4.79 Å². The van der Waals surface area contributed by atoms with Gasteiger partial charge in [-0.3, -0.25) is 4.79 Å². The van der Waals surface area contributed by atoms with Gasteiger partial charge in [-0.15, -0.1) is 0 Å². The number of likely N-dealkylation sites (N-methyl/N-ethyl adjacent to an activating group) is 1. The molecule has 0 aliphatic rings. The van der Waals surface area contributed by atoms with Crippen LogP contribution in [-0.4, -0.2) is 29.0 Å². The van der Waals surface area contributed by atoms with Gasteiger partial charge in [0.1, 0.15) is 16.2 Å². The number of amides is 1. The summed E-state index contributed by atoms with van der Waals surface area (Å²) in [7, 11) is 0. The van der Waals surface area contributed by atoms with Crippen LogP contribution in [0.3, 0.4) is 0 Å². The van der Waals surface area contributed by atoms with E-state index in [1.807, 2.05) is 6.92 Å². The minimum Gasteiger partial charge on any atom is -0.361 e. The molecule has 0 saturated heterocycles. The van der Waals surface area contributed by atoms with E-state index in [4.69, 9.17) is 0 Å². The molecule has 1 aromatic rings. The fourth-order valence-corrected chi connectivity index (χ4v) is 1.74. The van der Waals surface area contributed by atoms with Crippen LogP contribution >= 0.6 is 15.9 Å². The van der Waals surface area contributed by atoms with Crippen LogP contribution in [-0.2, 0) is 11.2 Å². The van der Waals surface area contributed by atoms with E-state index in [1.54, 1.807) is 6.07 Å². The molecule has 0 aromatic carbocycles. The highest BCUT2D eigenvalue weighted by molar-refractivity contribution is 9.10. The maximum atomic E-state index is 11.3. The zero-order valence-electron chi connectivity index (χ0n) is 10.1. The van der Waals surface area contributed by atoms with E-state index in [1.165, 1.54) is 0 Å². The fourth-order valence-electron chi connectivity index (χ4n) is 1.32. The van der Waals surface area contributed by atoms with Crippen LogP contribution < -0.4 is 10.6 Å². The van der Waals surface area contributed by atoms with Gasteiger partial charge >= 0.3 is 0 Å². The lowest BCUT2D eigenvalue weighted by atomic mass is 10.3. The summed E-state index contributed by atoms with van der Waals surface area (Å²) in [5.74, 6) is 1.40. The predicted octanol–water partition coefficient (Wildman–Crippen LogP) is 1.74. The predicted molar refractivity (Wildman–Crippen MR) is 70.9 cm³/mol. The van der Waals surface area contributed by atoms with Crippen molar-refractivity contribution in [3.63, 3.8) is 0 Å². The van der Waals surface area contributed by atoms with Gasteiger partial charge in [-0.05, 0) is 29.3 Å². The van der Waals surface area contributed by atoms with Crippen LogP contribution in [0.4, 0.5) is 5.82 Å². The van der Waals surface area contributed by atoms with Gasteiger partial charge in [0.25, 0.3) is 0 Å². The Labute approximate surface area is 110 Å². The van der Waals surface area contributed by atoms with Crippen LogP contribution in [0.25, 0.3) is 0 Å². The lowest BCUT2D eigenvalue weighted by Crippen LogP contribution is -2.29. The maximum Gasteiger partial charge on any atom is 0.239 e. The number of carbonyl (C=O) groups excluding carboxylic acids is 1. The van der Waals surface area contributed by atoms with E-state index in [9.17, 15) is 4.79 Å². The SMILES string of the molecule is CCCc1nc(Br)cc(NCC(=O)NCC)n1. The number of nitrogens with one attached hydrogen (secondary N) is 2. The minimum absolute atomic E-state index is 0.0423. The number of aromatic nitrogens is 2. The molecular formula is C11H17BrN4O. The summed E-state index contributed by atoms with van der Waals surface area (Å²) in [6.07, 6.45) is 1.82. The third-order valence-electron chi connectivity index (χ3n) is 2.02. The first kappa shape index (κ1) is 13.9. The molecule has 0 aliphatic heterocycles. The van der Waals surface area contributed by atoms with E-state index in [0.717, 1.165) is 23.3 Å². The average molecular weight is 301 g/mol. The van der Waals surface area contributed by atoms with Crippen molar-refractivity contribution in [2.45, 2.75) is 26.7 Å². The third-order valence-corrected chi connectivity index (χ3v) is 2.43. The Hall–Kier alpha value is -1.17. The minimum atomic E-state index is -0.0423. The molecule has 2 N–H and O–H groups in total. The lowest BCUT2D eigenvalue weighted by Gasteiger charge is -2.07. The first-order valence-electron chi connectivity index (χ1n) is 5.69. The van der Waals surface area contributed by atoms with Crippen LogP contribution in [0.15, 0.2) is 10.7 Å². The molecule has 17 heavy (non-hydrogen) atoms. The van der Waals surface area contributed by atoms with Crippen molar-refractivity contribution in [3.05, 3.63) is 16.5 Å². The van der Waals surface area contributed by atoms with Crippen molar-refractivity contribution >= 4 is 27.7 Å². The van der Waals surface area contributed by atoms with E-state index in [-0.39, 0.29) is 12.5 Å². The second kappa shape index (κ2) is 7.21. The van der Waals surface area contributed by atoms with Crippen LogP contribution in [0.5, 0.6) is 0 Å². The molecule has 6 heteroatoms. The van der Waals surface area contributed by atoms with E-state index < -0.39 is 0 Å². The summed E-state index contributed by atoms with van der Waals surface area (Å²) in [5, 5.41) is 5.69. The number of rotatable bonds is 6. The highest BCUT2D eigenvalue weighted by Gasteiger charge is 2.04. The van der Waals surface area contributed by atoms with Crippen molar-refractivity contribution in [1.29, 1.82) is 0 Å². The molecule has 94 valence electrons. The molecule has 0 unspecified atom stereocenters. The summed E-state index contributed by atoms with van der Waals surface area (Å²) in [4.78, 5) is 19.9. The lowest BCUT2D eigenvalue weighted by molar-refractivity contribution is -0.119. The first-order valence-corrected chi connectivity index (χ1v) is 6.49. The van der Waals surface area contributed by atoms with Gasteiger partial charge in [-0.1, -0.05) is 6.92 Å². The summed E-state index contributed by atoms with van der Waals surface area (Å²) >= 11 is 3.33. The van der Waals surface area contributed by atoms with E-state index >= 15 is 0 Å². The van der Waals surface area contributed by atoms with Gasteiger partial charge in [0, 0.05) is 19.0 Å². The van der Waals surface area contributed by atoms with Crippen LogP contribution in [0, 0.1) is 0 Å². The van der Waals surface area contributed by atoms with Gasteiger partial charge in [-0.2, -0.15) is 0 Å². The Morgan fingerprint density at radius 1 is 1.41 bits per heavy atom. The van der Waals surface area contributed by atoms with Gasteiger partial charge in [-0.25, -0.2) is 9.97 Å². The quantitative estimate of drug-likeness (QED) is 0.785. The van der Waals surface area contributed by atoms with Gasteiger partial charge < -0.3 is 10.6 Å². The molecule has 0 aliphatic carbocycles. The molecule has 0 saturated carbocycles. The van der Waals surface area contributed by atoms with E-state index in [2.05, 4.69) is 43.5 Å².